The van der Waals surface area contributed by atoms with Gasteiger partial charge in [0, 0.05) is 0 Å². The normalized spacial score (nSPS) is 15.2. The fourth-order valence-corrected chi connectivity index (χ4v) is 2.32. The third-order valence-corrected chi connectivity index (χ3v) is 3.88. The number of nitrogens with one attached hydrogen (secondary N) is 3. The molecule has 5 unspecified atom stereocenters. The summed E-state index contributed by atoms with van der Waals surface area (Å²) in [5.41, 5.74) is 20.4. The van der Waals surface area contributed by atoms with Gasteiger partial charge in [-0.05, 0) is 6.92 Å². The van der Waals surface area contributed by atoms with E-state index in [1.165, 1.54) is 0 Å². The third-order valence-electron chi connectivity index (χ3n) is 3.88. The molecule has 0 aliphatic carbocycles. The number of carbonyl (C=O) groups excluding carboxylic acids is 6. The van der Waals surface area contributed by atoms with Crippen LogP contribution in [0.4, 0.5) is 0 Å². The molecule has 0 aromatic rings. The summed E-state index contributed by atoms with van der Waals surface area (Å²) in [4.78, 5) is 81.2. The molecule has 0 aromatic heterocycles. The first-order valence-electron chi connectivity index (χ1n) is 9.08. The van der Waals surface area contributed by atoms with Crippen molar-refractivity contribution < 1.29 is 43.8 Å². The van der Waals surface area contributed by atoms with Crippen LogP contribution in [0, 0.1) is 0 Å². The minimum Gasteiger partial charge on any atom is -0.480 e. The average Bonchev–Trinajstić information content (AvgIpc) is 2.62. The van der Waals surface area contributed by atoms with E-state index in [9.17, 15) is 38.7 Å². The highest BCUT2D eigenvalue weighted by molar-refractivity contribution is 5.97. The van der Waals surface area contributed by atoms with E-state index in [1.807, 2.05) is 10.6 Å². The Hall–Kier alpha value is -3.79. The second-order valence-electron chi connectivity index (χ2n) is 6.81. The van der Waals surface area contributed by atoms with Gasteiger partial charge in [0.15, 0.2) is 0 Å². The van der Waals surface area contributed by atoms with E-state index in [2.05, 4.69) is 5.32 Å². The smallest absolute Gasteiger partial charge is 0.326 e. The quantitative estimate of drug-likeness (QED) is 0.118. The highest BCUT2D eigenvalue weighted by Crippen LogP contribution is 2.02. The van der Waals surface area contributed by atoms with Gasteiger partial charge >= 0.3 is 5.97 Å². The highest BCUT2D eigenvalue weighted by Gasteiger charge is 2.33. The molecule has 16 nitrogen and oxygen atoms in total. The predicted octanol–water partition coefficient (Wildman–Crippen LogP) is -6.14. The number of aliphatic carboxylic acids is 1. The van der Waals surface area contributed by atoms with E-state index in [0.29, 0.717) is 0 Å². The van der Waals surface area contributed by atoms with Crippen LogP contribution in [0.15, 0.2) is 0 Å². The molecule has 180 valence electrons. The van der Waals surface area contributed by atoms with Gasteiger partial charge < -0.3 is 49.1 Å². The first-order chi connectivity index (χ1) is 14.6. The Kier molecular flexibility index (Phi) is 11.3. The van der Waals surface area contributed by atoms with Gasteiger partial charge in [0.05, 0.1) is 31.4 Å². The van der Waals surface area contributed by atoms with Crippen molar-refractivity contribution in [2.75, 3.05) is 0 Å². The second kappa shape index (κ2) is 12.8. The summed E-state index contributed by atoms with van der Waals surface area (Å²) in [5, 5.41) is 24.9. The van der Waals surface area contributed by atoms with Gasteiger partial charge in [0.25, 0.3) is 0 Å². The van der Waals surface area contributed by atoms with E-state index >= 15 is 0 Å². The Morgan fingerprint density at radius 2 is 1.16 bits per heavy atom. The number of carboxylic acids is 1. The van der Waals surface area contributed by atoms with Crippen LogP contribution in [0.25, 0.3) is 0 Å². The van der Waals surface area contributed by atoms with Crippen LogP contribution in [0.1, 0.15) is 26.2 Å². The molecule has 16 heteroatoms. The summed E-state index contributed by atoms with van der Waals surface area (Å²) in [6.07, 6.45) is -3.65. The Bertz CT molecular complexity index is 771. The molecule has 0 heterocycles. The fraction of sp³-hybridized carbons (Fsp3) is 0.562. The molecular weight excluding hydrogens is 434 g/mol. The molecule has 0 bridgehead atoms. The van der Waals surface area contributed by atoms with Gasteiger partial charge in [-0.25, -0.2) is 4.79 Å². The number of primary amides is 3. The van der Waals surface area contributed by atoms with Gasteiger partial charge in [-0.3, -0.25) is 28.8 Å². The number of aliphatic hydroxyl groups excluding tert-OH is 1. The second-order valence-corrected chi connectivity index (χ2v) is 6.81. The summed E-state index contributed by atoms with van der Waals surface area (Å²) >= 11 is 0. The van der Waals surface area contributed by atoms with Crippen molar-refractivity contribution in [3.05, 3.63) is 0 Å². The molecule has 0 saturated heterocycles. The predicted molar refractivity (Wildman–Crippen MR) is 105 cm³/mol. The van der Waals surface area contributed by atoms with Gasteiger partial charge in [0.2, 0.25) is 35.4 Å². The average molecular weight is 461 g/mol. The van der Waals surface area contributed by atoms with Crippen molar-refractivity contribution in [3.8, 4) is 0 Å². The van der Waals surface area contributed by atoms with Crippen LogP contribution in [0.2, 0.25) is 0 Å². The van der Waals surface area contributed by atoms with Crippen molar-refractivity contribution in [3.63, 3.8) is 0 Å². The molecule has 0 spiro atoms. The van der Waals surface area contributed by atoms with Crippen molar-refractivity contribution in [1.82, 2.24) is 16.0 Å². The number of carboxylic acid groups (broad SMARTS) is 1. The minimum absolute atomic E-state index is 0.564. The standard InChI is InChI=1S/C16H27N7O9/c1-5(24)12(15(30)22-8(16(31)32)4-11(20)27)23-14(29)7(3-10(19)26)21-13(28)6(17)2-9(18)25/h5-8,12,24H,2-4,17H2,1H3,(H2,18,25)(H2,19,26)(H2,20,27)(H,21,28)(H,22,30)(H,23,29)(H,31,32). The summed E-state index contributed by atoms with van der Waals surface area (Å²) in [5.74, 6) is -7.96. The van der Waals surface area contributed by atoms with Crippen LogP contribution in [-0.4, -0.2) is 81.9 Å². The molecule has 0 aromatic carbocycles. The zero-order valence-electron chi connectivity index (χ0n) is 17.1. The topological polar surface area (TPSA) is 300 Å². The van der Waals surface area contributed by atoms with Gasteiger partial charge in [-0.1, -0.05) is 0 Å². The first-order valence-corrected chi connectivity index (χ1v) is 9.08. The van der Waals surface area contributed by atoms with Gasteiger partial charge in [-0.2, -0.15) is 0 Å². The highest BCUT2D eigenvalue weighted by atomic mass is 16.4. The van der Waals surface area contributed by atoms with E-state index in [0.717, 1.165) is 6.92 Å². The summed E-state index contributed by atoms with van der Waals surface area (Å²) in [6, 6.07) is -6.61. The lowest BCUT2D eigenvalue weighted by atomic mass is 10.1. The molecule has 0 radical (unpaired) electrons. The lowest BCUT2D eigenvalue weighted by Gasteiger charge is -2.26. The number of amides is 6. The van der Waals surface area contributed by atoms with Crippen molar-refractivity contribution >= 4 is 41.4 Å². The number of hydrogen-bond donors (Lipinski definition) is 9. The fourth-order valence-electron chi connectivity index (χ4n) is 2.32. The van der Waals surface area contributed by atoms with Crippen LogP contribution in [-0.2, 0) is 33.6 Å². The maximum absolute atomic E-state index is 12.5. The maximum atomic E-state index is 12.5. The zero-order chi connectivity index (χ0) is 25.2. The number of rotatable bonds is 14. The maximum Gasteiger partial charge on any atom is 0.326 e. The third kappa shape index (κ3) is 10.3. The number of nitrogens with two attached hydrogens (primary N) is 4. The SMILES string of the molecule is CC(O)C(NC(=O)C(CC(N)=O)NC(=O)C(N)CC(N)=O)C(=O)NC(CC(N)=O)C(=O)O. The lowest BCUT2D eigenvalue weighted by molar-refractivity contribution is -0.144. The zero-order valence-corrected chi connectivity index (χ0v) is 17.1. The van der Waals surface area contributed by atoms with Crippen LogP contribution in [0.3, 0.4) is 0 Å². The molecule has 32 heavy (non-hydrogen) atoms. The van der Waals surface area contributed by atoms with E-state index < -0.39 is 90.9 Å². The Morgan fingerprint density at radius 3 is 1.56 bits per heavy atom. The molecule has 5 atom stereocenters. The van der Waals surface area contributed by atoms with Crippen LogP contribution >= 0.6 is 0 Å². The molecule has 0 fully saturated rings. The number of carbonyl (C=O) groups is 7. The molecule has 0 aliphatic heterocycles. The van der Waals surface area contributed by atoms with E-state index in [4.69, 9.17) is 28.0 Å². The Balaban J connectivity index is 5.47. The van der Waals surface area contributed by atoms with E-state index in [1.54, 1.807) is 0 Å². The summed E-state index contributed by atoms with van der Waals surface area (Å²) < 4.78 is 0. The molecule has 13 N–H and O–H groups in total. The molecule has 0 saturated carbocycles. The summed E-state index contributed by atoms with van der Waals surface area (Å²) in [7, 11) is 0. The number of aliphatic hydroxyl groups is 1. The van der Waals surface area contributed by atoms with Gasteiger partial charge in [-0.15, -0.1) is 0 Å². The molecule has 0 rings (SSSR count). The first kappa shape index (κ1) is 28.2. The van der Waals surface area contributed by atoms with Crippen LogP contribution < -0.4 is 38.9 Å². The lowest BCUT2D eigenvalue weighted by Crippen LogP contribution is -2.60. The van der Waals surface area contributed by atoms with Crippen molar-refractivity contribution in [2.24, 2.45) is 22.9 Å². The Morgan fingerprint density at radius 1 is 0.719 bits per heavy atom. The summed E-state index contributed by atoms with van der Waals surface area (Å²) in [6.45, 7) is 1.08. The molecule has 6 amide bonds. The van der Waals surface area contributed by atoms with Crippen molar-refractivity contribution in [2.45, 2.75) is 56.5 Å². The van der Waals surface area contributed by atoms with E-state index in [-0.39, 0.29) is 0 Å². The molecular formula is C16H27N7O9. The Labute approximate surface area is 181 Å². The molecule has 0 aliphatic rings. The largest absolute Gasteiger partial charge is 0.480 e. The van der Waals surface area contributed by atoms with Crippen molar-refractivity contribution in [1.29, 1.82) is 0 Å². The minimum atomic E-state index is -1.76. The van der Waals surface area contributed by atoms with Gasteiger partial charge in [0.1, 0.15) is 18.1 Å². The number of hydrogen-bond acceptors (Lipinski definition) is 9. The van der Waals surface area contributed by atoms with Crippen LogP contribution in [0.5, 0.6) is 0 Å². The monoisotopic (exact) mass is 461 g/mol.